The predicted molar refractivity (Wildman–Crippen MR) is 92.7 cm³/mol. The highest BCUT2D eigenvalue weighted by Gasteiger charge is 2.24. The largest absolute Gasteiger partial charge is 0.326 e. The van der Waals surface area contributed by atoms with Gasteiger partial charge in [0.1, 0.15) is 0 Å². The molecule has 10 heteroatoms. The molecule has 134 valence electrons. The van der Waals surface area contributed by atoms with Crippen molar-refractivity contribution in [1.82, 2.24) is 0 Å². The van der Waals surface area contributed by atoms with Crippen LogP contribution in [-0.4, -0.2) is 22.0 Å². The van der Waals surface area contributed by atoms with Crippen LogP contribution < -0.4 is 5.32 Å². The smallest absolute Gasteiger partial charge is 0.293 e. The Balaban J connectivity index is 2.07. The highest BCUT2D eigenvalue weighted by Crippen LogP contribution is 2.27. The zero-order valence-corrected chi connectivity index (χ0v) is 13.9. The Morgan fingerprint density at radius 2 is 1.81 bits per heavy atom. The first kappa shape index (κ1) is 19.0. The standard InChI is InChI=1S/C16H12ClN3O6/c17-14-8-11(3-6-13(14)15(9-21)20(25)26)18-16(22)7-10-1-4-12(5-2-10)19(23)24/h1-6,8-9,15H,7H2,(H,18,22). The lowest BCUT2D eigenvalue weighted by Crippen LogP contribution is -2.15. The van der Waals surface area contributed by atoms with Crippen LogP contribution in [0.2, 0.25) is 5.02 Å². The summed E-state index contributed by atoms with van der Waals surface area (Å²) in [5, 5.41) is 24.0. The van der Waals surface area contributed by atoms with E-state index in [1.807, 2.05) is 0 Å². The summed E-state index contributed by atoms with van der Waals surface area (Å²) in [6.07, 6.45) is 0.150. The summed E-state index contributed by atoms with van der Waals surface area (Å²) < 4.78 is 0. The predicted octanol–water partition coefficient (Wildman–Crippen LogP) is 2.95. The number of nitrogens with zero attached hydrogens (tertiary/aromatic N) is 2. The van der Waals surface area contributed by atoms with E-state index in [9.17, 15) is 29.8 Å². The third-order valence-corrected chi connectivity index (χ3v) is 3.80. The second-order valence-corrected chi connectivity index (χ2v) is 5.66. The van der Waals surface area contributed by atoms with Gasteiger partial charge in [-0.2, -0.15) is 0 Å². The van der Waals surface area contributed by atoms with Crippen molar-refractivity contribution in [2.45, 2.75) is 12.5 Å². The van der Waals surface area contributed by atoms with E-state index in [0.29, 0.717) is 11.3 Å². The molecule has 1 atom stereocenters. The third kappa shape index (κ3) is 4.61. The molecule has 0 heterocycles. The number of rotatable bonds is 7. The van der Waals surface area contributed by atoms with E-state index in [4.69, 9.17) is 11.6 Å². The summed E-state index contributed by atoms with van der Waals surface area (Å²) >= 11 is 5.96. The van der Waals surface area contributed by atoms with Crippen molar-refractivity contribution in [2.24, 2.45) is 0 Å². The monoisotopic (exact) mass is 377 g/mol. The summed E-state index contributed by atoms with van der Waals surface area (Å²) in [4.78, 5) is 43.0. The van der Waals surface area contributed by atoms with Crippen LogP contribution in [-0.2, 0) is 16.0 Å². The van der Waals surface area contributed by atoms with Crippen LogP contribution in [0.1, 0.15) is 17.2 Å². The van der Waals surface area contributed by atoms with Gasteiger partial charge in [0.25, 0.3) is 11.7 Å². The number of halogens is 1. The second kappa shape index (κ2) is 8.17. The molecule has 2 rings (SSSR count). The average molecular weight is 378 g/mol. The molecule has 0 fully saturated rings. The lowest BCUT2D eigenvalue weighted by molar-refractivity contribution is -0.511. The van der Waals surface area contributed by atoms with E-state index in [1.54, 1.807) is 0 Å². The summed E-state index contributed by atoms with van der Waals surface area (Å²) in [6.45, 7) is 0. The highest BCUT2D eigenvalue weighted by molar-refractivity contribution is 6.31. The number of nitro benzene ring substituents is 1. The molecule has 2 aromatic carbocycles. The molecule has 0 aromatic heterocycles. The quantitative estimate of drug-likeness (QED) is 0.448. The summed E-state index contributed by atoms with van der Waals surface area (Å²) in [5.41, 5.74) is 0.830. The van der Waals surface area contributed by atoms with Gasteiger partial charge in [-0.3, -0.25) is 29.8 Å². The number of hydrogen-bond donors (Lipinski definition) is 1. The molecule has 0 bridgehead atoms. The minimum absolute atomic E-state index is 0.0214. The van der Waals surface area contributed by atoms with Crippen molar-refractivity contribution in [1.29, 1.82) is 0 Å². The van der Waals surface area contributed by atoms with E-state index in [-0.39, 0.29) is 29.0 Å². The van der Waals surface area contributed by atoms with Crippen LogP contribution in [0.25, 0.3) is 0 Å². The number of anilines is 1. The molecule has 0 radical (unpaired) electrons. The molecule has 0 saturated carbocycles. The Kier molecular flexibility index (Phi) is 5.97. The molecule has 0 saturated heterocycles. The van der Waals surface area contributed by atoms with Crippen molar-refractivity contribution >= 4 is 35.2 Å². The fraction of sp³-hybridized carbons (Fsp3) is 0.125. The first-order valence-corrected chi connectivity index (χ1v) is 7.61. The average Bonchev–Trinajstić information content (AvgIpc) is 2.57. The van der Waals surface area contributed by atoms with Crippen molar-refractivity contribution in [3.8, 4) is 0 Å². The fourth-order valence-corrected chi connectivity index (χ4v) is 2.50. The molecule has 9 nitrogen and oxygen atoms in total. The Morgan fingerprint density at radius 1 is 1.15 bits per heavy atom. The van der Waals surface area contributed by atoms with Gasteiger partial charge in [-0.1, -0.05) is 23.7 Å². The number of non-ortho nitro benzene ring substituents is 1. The van der Waals surface area contributed by atoms with Gasteiger partial charge in [-0.05, 0) is 23.8 Å². The lowest BCUT2D eigenvalue weighted by Gasteiger charge is -2.09. The molecule has 1 N–H and O–H groups in total. The number of benzene rings is 2. The molecular weight excluding hydrogens is 366 g/mol. The van der Waals surface area contributed by atoms with Gasteiger partial charge in [0.2, 0.25) is 5.91 Å². The lowest BCUT2D eigenvalue weighted by atomic mass is 10.1. The Hall–Kier alpha value is -3.33. The minimum atomic E-state index is -1.58. The minimum Gasteiger partial charge on any atom is -0.326 e. The second-order valence-electron chi connectivity index (χ2n) is 5.25. The Labute approximate surface area is 151 Å². The normalized spacial score (nSPS) is 11.4. The first-order valence-electron chi connectivity index (χ1n) is 7.23. The van der Waals surface area contributed by atoms with Gasteiger partial charge >= 0.3 is 0 Å². The molecule has 0 aliphatic heterocycles. The zero-order valence-electron chi connectivity index (χ0n) is 13.1. The molecule has 0 aliphatic carbocycles. The number of amides is 1. The number of nitrogens with one attached hydrogen (secondary N) is 1. The number of carbonyl (C=O) groups is 2. The van der Waals surface area contributed by atoms with Crippen LogP contribution >= 0.6 is 11.6 Å². The topological polar surface area (TPSA) is 132 Å². The molecule has 0 aliphatic rings. The molecule has 1 amide bonds. The maximum Gasteiger partial charge on any atom is 0.293 e. The van der Waals surface area contributed by atoms with Crippen molar-refractivity contribution in [3.63, 3.8) is 0 Å². The van der Waals surface area contributed by atoms with Crippen LogP contribution in [0.5, 0.6) is 0 Å². The number of aldehydes is 1. The third-order valence-electron chi connectivity index (χ3n) is 3.47. The van der Waals surface area contributed by atoms with E-state index in [0.717, 1.165) is 0 Å². The summed E-state index contributed by atoms with van der Waals surface area (Å²) in [7, 11) is 0. The number of hydrogen-bond acceptors (Lipinski definition) is 6. The van der Waals surface area contributed by atoms with Crippen LogP contribution in [0.4, 0.5) is 11.4 Å². The molecule has 26 heavy (non-hydrogen) atoms. The van der Waals surface area contributed by atoms with E-state index >= 15 is 0 Å². The van der Waals surface area contributed by atoms with E-state index in [2.05, 4.69) is 5.32 Å². The maximum absolute atomic E-state index is 12.0. The van der Waals surface area contributed by atoms with Crippen LogP contribution in [0, 0.1) is 20.2 Å². The van der Waals surface area contributed by atoms with E-state index < -0.39 is 21.8 Å². The van der Waals surface area contributed by atoms with Gasteiger partial charge in [-0.25, -0.2) is 0 Å². The van der Waals surface area contributed by atoms with Crippen molar-refractivity contribution in [2.75, 3.05) is 5.32 Å². The SMILES string of the molecule is O=CC(c1ccc(NC(=O)Cc2ccc([N+](=O)[O-])cc2)cc1Cl)[N+](=O)[O-]. The van der Waals surface area contributed by atoms with Gasteiger partial charge in [0.05, 0.1) is 21.9 Å². The maximum atomic E-state index is 12.0. The van der Waals surface area contributed by atoms with E-state index in [1.165, 1.54) is 42.5 Å². The molecule has 2 aromatic rings. The number of nitro groups is 2. The molecular formula is C16H12ClN3O6. The Morgan fingerprint density at radius 3 is 2.31 bits per heavy atom. The van der Waals surface area contributed by atoms with Gasteiger partial charge in [-0.15, -0.1) is 0 Å². The molecule has 0 spiro atoms. The van der Waals surface area contributed by atoms with Gasteiger partial charge in [0.15, 0.2) is 6.29 Å². The highest BCUT2D eigenvalue weighted by atomic mass is 35.5. The summed E-state index contributed by atoms with van der Waals surface area (Å²) in [5.74, 6) is -0.399. The molecule has 1 unspecified atom stereocenters. The summed E-state index contributed by atoms with van der Waals surface area (Å²) in [6, 6.07) is 7.97. The van der Waals surface area contributed by atoms with Crippen LogP contribution in [0.3, 0.4) is 0 Å². The number of carbonyl (C=O) groups excluding carboxylic acids is 2. The van der Waals surface area contributed by atoms with Crippen molar-refractivity contribution < 1.29 is 19.4 Å². The van der Waals surface area contributed by atoms with Crippen molar-refractivity contribution in [3.05, 3.63) is 78.8 Å². The van der Waals surface area contributed by atoms with Crippen LogP contribution in [0.15, 0.2) is 42.5 Å². The van der Waals surface area contributed by atoms with Gasteiger partial charge < -0.3 is 5.32 Å². The zero-order chi connectivity index (χ0) is 19.3. The fourth-order valence-electron chi connectivity index (χ4n) is 2.21. The first-order chi connectivity index (χ1) is 12.3. The van der Waals surface area contributed by atoms with Gasteiger partial charge in [0, 0.05) is 22.7 Å². The Bertz CT molecular complexity index is 869.